The molecule has 4 aromatic rings. The van der Waals surface area contributed by atoms with Gasteiger partial charge in [-0.15, -0.1) is 0 Å². The van der Waals surface area contributed by atoms with Gasteiger partial charge in [-0.05, 0) is 86.1 Å². The largest absolute Gasteiger partial charge is 0.453 e. The molecule has 1 saturated carbocycles. The van der Waals surface area contributed by atoms with Crippen LogP contribution in [0.4, 0.5) is 16.3 Å². The van der Waals surface area contributed by atoms with Gasteiger partial charge in [-0.2, -0.15) is 0 Å². The zero-order chi connectivity index (χ0) is 42.2. The van der Waals surface area contributed by atoms with Crippen LogP contribution in [-0.2, 0) is 14.3 Å². The van der Waals surface area contributed by atoms with Gasteiger partial charge in [0, 0.05) is 49.7 Å². The average Bonchev–Trinajstić information content (AvgIpc) is 3.55. The molecule has 7 rings (SSSR count). The molecule has 14 heteroatoms. The second-order valence-corrected chi connectivity index (χ2v) is 17.5. The lowest BCUT2D eigenvalue weighted by molar-refractivity contribution is -0.136. The van der Waals surface area contributed by atoms with Gasteiger partial charge in [-0.3, -0.25) is 14.4 Å². The number of likely N-dealkylation sites (tertiary alicyclic amines) is 1. The van der Waals surface area contributed by atoms with Gasteiger partial charge in [0.05, 0.1) is 36.9 Å². The van der Waals surface area contributed by atoms with Crippen molar-refractivity contribution in [1.29, 1.82) is 0 Å². The number of nitrogens with one attached hydrogen (secondary N) is 3. The van der Waals surface area contributed by atoms with Crippen molar-refractivity contribution in [2.45, 2.75) is 71.6 Å². The number of imidazole rings is 1. The first-order valence-corrected chi connectivity index (χ1v) is 20.5. The summed E-state index contributed by atoms with van der Waals surface area (Å²) >= 11 is 0. The summed E-state index contributed by atoms with van der Waals surface area (Å²) in [5, 5.41) is 5.68. The van der Waals surface area contributed by atoms with E-state index in [0.29, 0.717) is 43.1 Å². The molecule has 2 aromatic carbocycles. The number of H-pyrrole nitrogens is 1. The number of aromatic amines is 1. The molecule has 312 valence electrons. The normalized spacial score (nSPS) is 21.7. The second kappa shape index (κ2) is 16.8. The van der Waals surface area contributed by atoms with Crippen LogP contribution in [0.1, 0.15) is 69.7 Å². The maximum atomic E-state index is 13.9. The van der Waals surface area contributed by atoms with E-state index in [4.69, 9.17) is 9.72 Å². The predicted octanol–water partition coefficient (Wildman–Crippen LogP) is 6.06. The second-order valence-electron chi connectivity index (χ2n) is 17.5. The monoisotopic (exact) mass is 803 g/mol. The Balaban J connectivity index is 0.953. The first-order valence-electron chi connectivity index (χ1n) is 20.5. The molecule has 59 heavy (non-hydrogen) atoms. The van der Waals surface area contributed by atoms with Gasteiger partial charge in [0.25, 0.3) is 5.91 Å². The Bertz CT molecular complexity index is 2150. The predicted molar refractivity (Wildman–Crippen MR) is 228 cm³/mol. The zero-order valence-corrected chi connectivity index (χ0v) is 35.4. The number of ether oxygens (including phenoxy) is 1. The molecule has 4 heterocycles. The molecule has 4 amide bonds. The number of benzene rings is 2. The fraction of sp³-hybridized carbons (Fsp3) is 0.467. The molecule has 1 aliphatic carbocycles. The number of likely N-dealkylation sites (N-methyl/N-ethyl adjacent to an activating group) is 1. The summed E-state index contributed by atoms with van der Waals surface area (Å²) in [4.78, 5) is 73.1. The number of rotatable bonds is 11. The van der Waals surface area contributed by atoms with Crippen LogP contribution >= 0.6 is 0 Å². The van der Waals surface area contributed by atoms with Crippen molar-refractivity contribution in [3.05, 3.63) is 84.4 Å². The quantitative estimate of drug-likeness (QED) is 0.164. The minimum Gasteiger partial charge on any atom is -0.453 e. The SMILES string of the molecule is COC(=O)N[C@H](C(=O)N1C[C@@H](N(C)C)C[C@H]1c1ncc(-c2ccc(-c3ccc(C(=O)Nc4ccc(N5CCN(C(=O)[C@H]6CC6(C)C)C[C@H]5C)nc4)cc3)cc2)[nH]1)C(C)C. The van der Waals surface area contributed by atoms with Gasteiger partial charge in [0.1, 0.15) is 17.7 Å². The minimum atomic E-state index is -0.729. The number of nitrogens with zero attached hydrogens (tertiary/aromatic N) is 6. The van der Waals surface area contributed by atoms with E-state index in [0.717, 1.165) is 41.2 Å². The van der Waals surface area contributed by atoms with Gasteiger partial charge in [0.15, 0.2) is 0 Å². The standard InChI is InChI=1S/C45H57N9O5/c1-27(2)39(50-44(58)59-8)43(57)54-26-34(51(6)7)21-37(54)40-47-24-36(49-40)31-13-9-29(10-14-31)30-11-15-32(16-12-30)41(55)48-33-17-18-38(46-23-33)53-20-19-52(25-28(53)3)42(56)35-22-45(35,4)5/h9-18,23-24,27-28,34-35,37,39H,19-22,25-26H2,1-8H3,(H,47,49)(H,48,55)(H,50,58)/t28-,34+,35-,37+,39+/m1/s1. The summed E-state index contributed by atoms with van der Waals surface area (Å²) in [5.74, 6) is 1.41. The summed E-state index contributed by atoms with van der Waals surface area (Å²) in [5.41, 5.74) is 5.00. The van der Waals surface area contributed by atoms with Crippen molar-refractivity contribution < 1.29 is 23.9 Å². The molecule has 0 spiro atoms. The van der Waals surface area contributed by atoms with E-state index in [1.54, 1.807) is 12.4 Å². The van der Waals surface area contributed by atoms with Gasteiger partial charge in [-0.25, -0.2) is 14.8 Å². The number of pyridine rings is 1. The van der Waals surface area contributed by atoms with Gasteiger partial charge >= 0.3 is 6.09 Å². The third-order valence-corrected chi connectivity index (χ3v) is 12.3. The highest BCUT2D eigenvalue weighted by Crippen LogP contribution is 2.52. The molecular weight excluding hydrogens is 747 g/mol. The molecule has 0 bridgehead atoms. The molecule has 3 N–H and O–H groups in total. The van der Waals surface area contributed by atoms with Crippen molar-refractivity contribution in [2.75, 3.05) is 57.6 Å². The number of hydrogen-bond acceptors (Lipinski definition) is 9. The van der Waals surface area contributed by atoms with Crippen LogP contribution in [0.3, 0.4) is 0 Å². The van der Waals surface area contributed by atoms with E-state index >= 15 is 0 Å². The number of piperazine rings is 1. The van der Waals surface area contributed by atoms with Crippen molar-refractivity contribution in [2.24, 2.45) is 17.3 Å². The van der Waals surface area contributed by atoms with Crippen LogP contribution in [0.5, 0.6) is 0 Å². The highest BCUT2D eigenvalue weighted by atomic mass is 16.5. The van der Waals surface area contributed by atoms with Crippen molar-refractivity contribution in [1.82, 2.24) is 35.0 Å². The van der Waals surface area contributed by atoms with Crippen molar-refractivity contribution in [3.8, 4) is 22.4 Å². The zero-order valence-electron chi connectivity index (χ0n) is 35.4. The Kier molecular flexibility index (Phi) is 11.8. The van der Waals surface area contributed by atoms with Gasteiger partial charge in [-0.1, -0.05) is 64.1 Å². The molecule has 0 unspecified atom stereocenters. The third kappa shape index (κ3) is 8.97. The molecular formula is C45H57N9O5. The topological polar surface area (TPSA) is 156 Å². The summed E-state index contributed by atoms with van der Waals surface area (Å²) in [6.07, 6.45) is 4.50. The summed E-state index contributed by atoms with van der Waals surface area (Å²) in [7, 11) is 5.29. The Morgan fingerprint density at radius 1 is 0.898 bits per heavy atom. The first-order chi connectivity index (χ1) is 28.1. The lowest BCUT2D eigenvalue weighted by atomic mass is 10.0. The lowest BCUT2D eigenvalue weighted by Crippen LogP contribution is -2.54. The van der Waals surface area contributed by atoms with E-state index < -0.39 is 12.1 Å². The summed E-state index contributed by atoms with van der Waals surface area (Å²) in [6, 6.07) is 18.6. The Morgan fingerprint density at radius 2 is 1.56 bits per heavy atom. The van der Waals surface area contributed by atoms with E-state index in [-0.39, 0.29) is 53.1 Å². The highest BCUT2D eigenvalue weighted by Gasteiger charge is 2.52. The molecule has 14 nitrogen and oxygen atoms in total. The number of amides is 4. The van der Waals surface area contributed by atoms with Crippen molar-refractivity contribution in [3.63, 3.8) is 0 Å². The number of anilines is 2. The molecule has 2 aromatic heterocycles. The summed E-state index contributed by atoms with van der Waals surface area (Å²) < 4.78 is 4.80. The number of hydrogen-bond donors (Lipinski definition) is 3. The lowest BCUT2D eigenvalue weighted by Gasteiger charge is -2.41. The highest BCUT2D eigenvalue weighted by molar-refractivity contribution is 6.04. The molecule has 2 aliphatic heterocycles. The maximum absolute atomic E-state index is 13.9. The van der Waals surface area contributed by atoms with Crippen LogP contribution < -0.4 is 15.5 Å². The van der Waals surface area contributed by atoms with Crippen LogP contribution in [0.25, 0.3) is 22.4 Å². The van der Waals surface area contributed by atoms with Crippen LogP contribution in [0.2, 0.25) is 0 Å². The van der Waals surface area contributed by atoms with Crippen molar-refractivity contribution >= 4 is 35.3 Å². The Hall–Kier alpha value is -5.76. The smallest absolute Gasteiger partial charge is 0.407 e. The number of alkyl carbamates (subject to hydrolysis) is 1. The Labute approximate surface area is 346 Å². The number of methoxy groups -OCH3 is 1. The molecule has 5 atom stereocenters. The molecule has 2 saturated heterocycles. The van der Waals surface area contributed by atoms with Gasteiger partial charge in [0.2, 0.25) is 11.8 Å². The van der Waals surface area contributed by atoms with E-state index in [2.05, 4.69) is 51.2 Å². The van der Waals surface area contributed by atoms with E-state index in [1.165, 1.54) is 7.11 Å². The number of carbonyl (C=O) groups is 4. The minimum absolute atomic E-state index is 0.123. The third-order valence-electron chi connectivity index (χ3n) is 12.3. The fourth-order valence-electron chi connectivity index (χ4n) is 8.32. The molecule has 3 fully saturated rings. The van der Waals surface area contributed by atoms with E-state index in [1.807, 2.05) is 98.4 Å². The van der Waals surface area contributed by atoms with Crippen LogP contribution in [0.15, 0.2) is 73.1 Å². The van der Waals surface area contributed by atoms with Crippen LogP contribution in [-0.4, -0.2) is 119 Å². The number of carbonyl (C=O) groups excluding carboxylic acids is 4. The molecule has 0 radical (unpaired) electrons. The summed E-state index contributed by atoms with van der Waals surface area (Å²) in [6.45, 7) is 12.8. The van der Waals surface area contributed by atoms with Crippen LogP contribution in [0, 0.1) is 17.3 Å². The fourth-order valence-corrected chi connectivity index (χ4v) is 8.32. The molecule has 3 aliphatic rings. The first kappa shape index (κ1) is 41.4. The Morgan fingerprint density at radius 3 is 2.14 bits per heavy atom. The number of aromatic nitrogens is 3. The average molecular weight is 804 g/mol. The van der Waals surface area contributed by atoms with E-state index in [9.17, 15) is 19.2 Å². The maximum Gasteiger partial charge on any atom is 0.407 e. The van der Waals surface area contributed by atoms with Gasteiger partial charge < -0.3 is 40.0 Å².